The van der Waals surface area contributed by atoms with Crippen LogP contribution in [0.2, 0.25) is 0 Å². The van der Waals surface area contributed by atoms with Crippen molar-refractivity contribution in [1.82, 2.24) is 0 Å². The summed E-state index contributed by atoms with van der Waals surface area (Å²) in [5.41, 5.74) is -0.270. The summed E-state index contributed by atoms with van der Waals surface area (Å²) in [7, 11) is 0. The lowest BCUT2D eigenvalue weighted by Gasteiger charge is -2.46. The van der Waals surface area contributed by atoms with Gasteiger partial charge in [-0.2, -0.15) is 0 Å². The molecule has 0 radical (unpaired) electrons. The van der Waals surface area contributed by atoms with E-state index >= 15 is 0 Å². The van der Waals surface area contributed by atoms with Gasteiger partial charge in [-0.15, -0.1) is 0 Å². The predicted molar refractivity (Wildman–Crippen MR) is 55.6 cm³/mol. The monoisotopic (exact) mass is 212 g/mol. The van der Waals surface area contributed by atoms with Crippen molar-refractivity contribution >= 4 is 0 Å². The highest BCUT2D eigenvalue weighted by atomic mass is 16.5. The molecular weight excluding hydrogens is 192 g/mol. The Morgan fingerprint density at radius 2 is 1.80 bits per heavy atom. The van der Waals surface area contributed by atoms with Crippen LogP contribution >= 0.6 is 0 Å². The first-order chi connectivity index (χ1) is 7.07. The normalized spacial score (nSPS) is 47.6. The molecule has 2 bridgehead atoms. The van der Waals surface area contributed by atoms with E-state index in [0.717, 1.165) is 45.3 Å². The minimum absolute atomic E-state index is 0.214. The molecule has 0 spiro atoms. The molecule has 0 aliphatic carbocycles. The first-order valence-corrected chi connectivity index (χ1v) is 6.03. The van der Waals surface area contributed by atoms with Crippen molar-refractivity contribution in [2.75, 3.05) is 13.2 Å². The van der Waals surface area contributed by atoms with Crippen molar-refractivity contribution in [3.8, 4) is 0 Å². The van der Waals surface area contributed by atoms with Crippen molar-refractivity contribution in [3.63, 3.8) is 0 Å². The number of ether oxygens (including phenoxy) is 2. The van der Waals surface area contributed by atoms with Crippen molar-refractivity contribution in [2.24, 2.45) is 5.41 Å². The number of fused-ring (bicyclic) bond motifs is 2. The second kappa shape index (κ2) is 3.19. The first-order valence-electron chi connectivity index (χ1n) is 6.03. The highest BCUT2D eigenvalue weighted by molar-refractivity contribution is 4.99. The fraction of sp³-hybridized carbons (Fsp3) is 1.00. The average molecular weight is 212 g/mol. The van der Waals surface area contributed by atoms with Gasteiger partial charge in [-0.25, -0.2) is 0 Å². The fourth-order valence-electron chi connectivity index (χ4n) is 3.50. The molecule has 3 fully saturated rings. The van der Waals surface area contributed by atoms with Crippen LogP contribution in [-0.4, -0.2) is 36.1 Å². The van der Waals surface area contributed by atoms with Crippen LogP contribution in [0.3, 0.4) is 0 Å². The molecule has 0 aromatic heterocycles. The standard InChI is InChI=1S/C12H20O3/c1-11(7-14-8-11)6-12(13)4-9-2-3-10(5-12)15-9/h9-10,13H,2-8H2,1H3. The molecule has 2 atom stereocenters. The van der Waals surface area contributed by atoms with Gasteiger partial charge < -0.3 is 14.6 Å². The van der Waals surface area contributed by atoms with Crippen LogP contribution in [0.5, 0.6) is 0 Å². The predicted octanol–water partition coefficient (Wildman–Crippen LogP) is 1.49. The van der Waals surface area contributed by atoms with Crippen LogP contribution in [0.1, 0.15) is 39.0 Å². The van der Waals surface area contributed by atoms with Crippen LogP contribution in [0.15, 0.2) is 0 Å². The Bertz CT molecular complexity index is 248. The molecule has 0 saturated carbocycles. The van der Waals surface area contributed by atoms with Crippen LogP contribution < -0.4 is 0 Å². The summed E-state index contributed by atoms with van der Waals surface area (Å²) in [5, 5.41) is 10.6. The Hall–Kier alpha value is -0.120. The maximum Gasteiger partial charge on any atom is 0.0704 e. The third-order valence-electron chi connectivity index (χ3n) is 4.07. The summed E-state index contributed by atoms with van der Waals surface area (Å²) >= 11 is 0. The minimum atomic E-state index is -0.484. The van der Waals surface area contributed by atoms with Crippen molar-refractivity contribution in [3.05, 3.63) is 0 Å². The number of hydrogen-bond acceptors (Lipinski definition) is 3. The maximum atomic E-state index is 10.6. The molecule has 3 heteroatoms. The Balaban J connectivity index is 1.68. The third kappa shape index (κ3) is 1.81. The quantitative estimate of drug-likeness (QED) is 0.753. The zero-order valence-corrected chi connectivity index (χ0v) is 9.37. The lowest BCUT2D eigenvalue weighted by Crippen LogP contribution is -2.50. The van der Waals surface area contributed by atoms with Gasteiger partial charge in [0.2, 0.25) is 0 Å². The molecular formula is C12H20O3. The molecule has 2 unspecified atom stereocenters. The van der Waals surface area contributed by atoms with E-state index in [4.69, 9.17) is 9.47 Å². The van der Waals surface area contributed by atoms with E-state index in [1.54, 1.807) is 0 Å². The fourth-order valence-corrected chi connectivity index (χ4v) is 3.50. The van der Waals surface area contributed by atoms with Crippen LogP contribution in [0.25, 0.3) is 0 Å². The Kier molecular flexibility index (Phi) is 2.14. The second-order valence-corrected chi connectivity index (χ2v) is 6.07. The van der Waals surface area contributed by atoms with Gasteiger partial charge >= 0.3 is 0 Å². The number of aliphatic hydroxyl groups is 1. The molecule has 3 rings (SSSR count). The Morgan fingerprint density at radius 3 is 2.27 bits per heavy atom. The number of hydrogen-bond donors (Lipinski definition) is 1. The molecule has 0 amide bonds. The van der Waals surface area contributed by atoms with E-state index in [9.17, 15) is 5.11 Å². The van der Waals surface area contributed by atoms with Crippen LogP contribution in [0, 0.1) is 5.41 Å². The highest BCUT2D eigenvalue weighted by Gasteiger charge is 2.48. The Labute approximate surface area is 90.8 Å². The lowest BCUT2D eigenvalue weighted by atomic mass is 9.73. The SMILES string of the molecule is CC1(CC2(O)CC3CCC(C2)O3)COC1. The molecule has 0 aromatic carbocycles. The molecule has 1 N–H and O–H groups in total. The van der Waals surface area contributed by atoms with E-state index in [0.29, 0.717) is 12.2 Å². The van der Waals surface area contributed by atoms with Gasteiger partial charge in [0.25, 0.3) is 0 Å². The van der Waals surface area contributed by atoms with Gasteiger partial charge in [-0.3, -0.25) is 0 Å². The zero-order chi connectivity index (χ0) is 10.5. The van der Waals surface area contributed by atoms with Gasteiger partial charge in [0, 0.05) is 18.3 Å². The second-order valence-electron chi connectivity index (χ2n) is 6.07. The molecule has 3 saturated heterocycles. The molecule has 3 nitrogen and oxygen atoms in total. The van der Waals surface area contributed by atoms with Gasteiger partial charge in [-0.05, 0) is 19.3 Å². The molecule has 0 aromatic rings. The minimum Gasteiger partial charge on any atom is -0.390 e. The average Bonchev–Trinajstić information content (AvgIpc) is 2.43. The molecule has 86 valence electrons. The van der Waals surface area contributed by atoms with E-state index in [-0.39, 0.29) is 5.41 Å². The van der Waals surface area contributed by atoms with E-state index in [2.05, 4.69) is 6.92 Å². The van der Waals surface area contributed by atoms with Crippen LogP contribution in [0.4, 0.5) is 0 Å². The zero-order valence-electron chi connectivity index (χ0n) is 9.37. The molecule has 3 aliphatic rings. The van der Waals surface area contributed by atoms with Crippen LogP contribution in [-0.2, 0) is 9.47 Å². The molecule has 15 heavy (non-hydrogen) atoms. The van der Waals surface area contributed by atoms with Gasteiger partial charge in [0.1, 0.15) is 0 Å². The summed E-state index contributed by atoms with van der Waals surface area (Å²) in [6, 6.07) is 0. The van der Waals surface area contributed by atoms with E-state index in [1.165, 1.54) is 0 Å². The van der Waals surface area contributed by atoms with Gasteiger partial charge in [-0.1, -0.05) is 6.92 Å². The topological polar surface area (TPSA) is 38.7 Å². The molecule has 3 aliphatic heterocycles. The summed E-state index contributed by atoms with van der Waals surface area (Å²) < 4.78 is 11.0. The first kappa shape index (κ1) is 10.1. The van der Waals surface area contributed by atoms with Crippen molar-refractivity contribution in [1.29, 1.82) is 0 Å². The maximum absolute atomic E-state index is 10.6. The van der Waals surface area contributed by atoms with Crippen molar-refractivity contribution < 1.29 is 14.6 Å². The largest absolute Gasteiger partial charge is 0.390 e. The number of rotatable bonds is 2. The van der Waals surface area contributed by atoms with Gasteiger partial charge in [0.05, 0.1) is 31.0 Å². The summed E-state index contributed by atoms with van der Waals surface area (Å²) in [6.07, 6.45) is 5.46. The summed E-state index contributed by atoms with van der Waals surface area (Å²) in [5.74, 6) is 0. The van der Waals surface area contributed by atoms with E-state index in [1.807, 2.05) is 0 Å². The van der Waals surface area contributed by atoms with Gasteiger partial charge in [0.15, 0.2) is 0 Å². The summed E-state index contributed by atoms with van der Waals surface area (Å²) in [6.45, 7) is 3.84. The van der Waals surface area contributed by atoms with E-state index < -0.39 is 5.60 Å². The smallest absolute Gasteiger partial charge is 0.0704 e. The summed E-state index contributed by atoms with van der Waals surface area (Å²) in [4.78, 5) is 0. The lowest BCUT2D eigenvalue weighted by molar-refractivity contribution is -0.174. The highest BCUT2D eigenvalue weighted by Crippen LogP contribution is 2.45. The van der Waals surface area contributed by atoms with Crippen molar-refractivity contribution in [2.45, 2.75) is 56.8 Å². The Morgan fingerprint density at radius 1 is 1.20 bits per heavy atom. The third-order valence-corrected chi connectivity index (χ3v) is 4.07. The molecule has 3 heterocycles.